The van der Waals surface area contributed by atoms with Gasteiger partial charge in [-0.2, -0.15) is 0 Å². The van der Waals surface area contributed by atoms with Gasteiger partial charge in [0.2, 0.25) is 0 Å². The summed E-state index contributed by atoms with van der Waals surface area (Å²) in [6, 6.07) is 8.57. The number of aromatic nitrogens is 1. The lowest BCUT2D eigenvalue weighted by Gasteiger charge is -2.26. The van der Waals surface area contributed by atoms with Crippen molar-refractivity contribution in [2.75, 3.05) is 0 Å². The van der Waals surface area contributed by atoms with Crippen LogP contribution in [-0.4, -0.2) is 21.2 Å². The Kier molecular flexibility index (Phi) is 2.55. The van der Waals surface area contributed by atoms with Crippen molar-refractivity contribution in [1.82, 2.24) is 9.47 Å². The molecule has 1 aromatic carbocycles. The van der Waals surface area contributed by atoms with Crippen LogP contribution in [0.3, 0.4) is 0 Å². The Labute approximate surface area is 129 Å². The van der Waals surface area contributed by atoms with Gasteiger partial charge < -0.3 is 9.30 Å². The number of allylic oxidation sites excluding steroid dienone is 2. The van der Waals surface area contributed by atoms with E-state index in [1.807, 2.05) is 33.0 Å². The summed E-state index contributed by atoms with van der Waals surface area (Å²) < 4.78 is 7.69. The molecule has 0 aliphatic carbocycles. The van der Waals surface area contributed by atoms with Gasteiger partial charge in [-0.1, -0.05) is 18.2 Å². The third kappa shape index (κ3) is 1.87. The molecule has 4 nitrogen and oxygen atoms in total. The quantitative estimate of drug-likeness (QED) is 0.726. The first-order valence-electron chi connectivity index (χ1n) is 7.45. The van der Waals surface area contributed by atoms with E-state index >= 15 is 0 Å². The highest BCUT2D eigenvalue weighted by atomic mass is 16.6. The van der Waals surface area contributed by atoms with E-state index in [4.69, 9.17) is 4.74 Å². The Bertz CT molecular complexity index is 836. The number of rotatable bonds is 0. The Balaban J connectivity index is 1.74. The van der Waals surface area contributed by atoms with Crippen LogP contribution in [0, 0.1) is 0 Å². The van der Waals surface area contributed by atoms with Crippen LogP contribution in [0.2, 0.25) is 0 Å². The molecule has 2 aliphatic rings. The zero-order valence-electron chi connectivity index (χ0n) is 12.9. The van der Waals surface area contributed by atoms with E-state index in [1.165, 1.54) is 21.4 Å². The van der Waals surface area contributed by atoms with Gasteiger partial charge in [0.05, 0.1) is 11.6 Å². The van der Waals surface area contributed by atoms with E-state index in [-0.39, 0.29) is 12.1 Å². The predicted molar refractivity (Wildman–Crippen MR) is 86.2 cm³/mol. The number of fused-ring (bicyclic) bond motifs is 3. The molecule has 22 heavy (non-hydrogen) atoms. The summed E-state index contributed by atoms with van der Waals surface area (Å²) in [5.74, 6) is 0. The molecule has 2 aromatic rings. The molecule has 3 heterocycles. The summed E-state index contributed by atoms with van der Waals surface area (Å²) in [5.41, 5.74) is 3.05. The summed E-state index contributed by atoms with van der Waals surface area (Å²) >= 11 is 0. The molecule has 0 radical (unpaired) electrons. The van der Waals surface area contributed by atoms with Crippen molar-refractivity contribution in [3.63, 3.8) is 0 Å². The molecular formula is C18H18N2O2. The molecule has 2 aliphatic heterocycles. The molecule has 0 saturated heterocycles. The smallest absolute Gasteiger partial charge is 0.418 e. The van der Waals surface area contributed by atoms with E-state index in [1.54, 1.807) is 6.20 Å². The van der Waals surface area contributed by atoms with Crippen LogP contribution in [-0.2, 0) is 4.74 Å². The van der Waals surface area contributed by atoms with Crippen molar-refractivity contribution in [2.45, 2.75) is 32.4 Å². The van der Waals surface area contributed by atoms with Gasteiger partial charge in [0.25, 0.3) is 0 Å². The van der Waals surface area contributed by atoms with Crippen molar-refractivity contribution in [3.8, 4) is 0 Å². The number of carbonyl (C=O) groups excluding carboxylic acids is 1. The first kappa shape index (κ1) is 13.2. The lowest BCUT2D eigenvalue weighted by molar-refractivity contribution is 0.0398. The van der Waals surface area contributed by atoms with Crippen molar-refractivity contribution in [2.24, 2.45) is 0 Å². The molecule has 1 unspecified atom stereocenters. The summed E-state index contributed by atoms with van der Waals surface area (Å²) in [7, 11) is 0. The van der Waals surface area contributed by atoms with Crippen molar-refractivity contribution in [3.05, 3.63) is 54.5 Å². The van der Waals surface area contributed by atoms with E-state index < -0.39 is 5.60 Å². The summed E-state index contributed by atoms with van der Waals surface area (Å²) in [5, 5.41) is 1.23. The van der Waals surface area contributed by atoms with Gasteiger partial charge in [0.1, 0.15) is 5.60 Å². The predicted octanol–water partition coefficient (Wildman–Crippen LogP) is 4.30. The van der Waals surface area contributed by atoms with Crippen LogP contribution in [0.1, 0.15) is 32.4 Å². The molecule has 1 aromatic heterocycles. The Morgan fingerprint density at radius 1 is 1.23 bits per heavy atom. The van der Waals surface area contributed by atoms with E-state index in [0.717, 1.165) is 5.57 Å². The Hall–Kier alpha value is -2.49. The molecule has 112 valence electrons. The fourth-order valence-corrected chi connectivity index (χ4v) is 3.13. The zero-order chi connectivity index (χ0) is 15.5. The van der Waals surface area contributed by atoms with Gasteiger partial charge in [0, 0.05) is 35.1 Å². The topological polar surface area (TPSA) is 34.5 Å². The number of hydrogen-bond acceptors (Lipinski definition) is 2. The molecule has 0 saturated carbocycles. The highest BCUT2D eigenvalue weighted by Crippen LogP contribution is 2.44. The number of ether oxygens (including phenoxy) is 1. The SMILES string of the molecule is CC(C)(C)OC(=O)N1C=CC2C(=C1)c1cccc3ccn2c13. The van der Waals surface area contributed by atoms with Crippen LogP contribution in [0.15, 0.2) is 48.9 Å². The lowest BCUT2D eigenvalue weighted by atomic mass is 10.00. The van der Waals surface area contributed by atoms with Crippen molar-refractivity contribution in [1.29, 1.82) is 0 Å². The molecule has 0 bridgehead atoms. The van der Waals surface area contributed by atoms with Gasteiger partial charge in [-0.15, -0.1) is 0 Å². The monoisotopic (exact) mass is 294 g/mol. The second-order valence-corrected chi connectivity index (χ2v) is 6.72. The molecule has 4 heteroatoms. The zero-order valence-corrected chi connectivity index (χ0v) is 12.9. The minimum absolute atomic E-state index is 0.161. The fraction of sp³-hybridized carbons (Fsp3) is 0.278. The number of para-hydroxylation sites is 1. The largest absolute Gasteiger partial charge is 0.443 e. The molecule has 4 rings (SSSR count). The highest BCUT2D eigenvalue weighted by molar-refractivity contribution is 5.98. The third-order valence-electron chi connectivity index (χ3n) is 3.98. The fourth-order valence-electron chi connectivity index (χ4n) is 3.13. The summed E-state index contributed by atoms with van der Waals surface area (Å²) in [6.07, 6.45) is 7.48. The van der Waals surface area contributed by atoms with Crippen LogP contribution in [0.25, 0.3) is 16.5 Å². The average molecular weight is 294 g/mol. The number of hydrogen-bond donors (Lipinski definition) is 0. The van der Waals surface area contributed by atoms with E-state index in [9.17, 15) is 4.79 Å². The van der Waals surface area contributed by atoms with Crippen molar-refractivity contribution < 1.29 is 9.53 Å². The first-order chi connectivity index (χ1) is 10.4. The number of carbonyl (C=O) groups is 1. The van der Waals surface area contributed by atoms with Crippen LogP contribution < -0.4 is 0 Å². The van der Waals surface area contributed by atoms with Gasteiger partial charge >= 0.3 is 6.09 Å². The number of nitrogens with zero attached hydrogens (tertiary/aromatic N) is 2. The van der Waals surface area contributed by atoms with E-state index in [2.05, 4.69) is 35.0 Å². The molecule has 0 fully saturated rings. The molecule has 1 amide bonds. The standard InChI is InChI=1S/C18H18N2O2/c1-18(2,3)22-17(21)19-9-8-15-14(11-19)13-6-4-5-12-7-10-20(15)16(12)13/h4-11,15H,1-3H3. The van der Waals surface area contributed by atoms with Gasteiger partial charge in [0.15, 0.2) is 0 Å². The van der Waals surface area contributed by atoms with E-state index in [0.29, 0.717) is 0 Å². The first-order valence-corrected chi connectivity index (χ1v) is 7.45. The number of benzene rings is 1. The molecular weight excluding hydrogens is 276 g/mol. The maximum atomic E-state index is 12.3. The van der Waals surface area contributed by atoms with Gasteiger partial charge in [-0.3, -0.25) is 4.90 Å². The maximum absolute atomic E-state index is 12.3. The van der Waals surface area contributed by atoms with Crippen LogP contribution >= 0.6 is 0 Å². The minimum Gasteiger partial charge on any atom is -0.443 e. The molecule has 0 spiro atoms. The van der Waals surface area contributed by atoms with Gasteiger partial charge in [-0.05, 0) is 32.9 Å². The Morgan fingerprint density at radius 2 is 2.05 bits per heavy atom. The summed E-state index contributed by atoms with van der Waals surface area (Å²) in [4.78, 5) is 13.8. The van der Waals surface area contributed by atoms with Crippen LogP contribution in [0.4, 0.5) is 4.79 Å². The minimum atomic E-state index is -0.499. The lowest BCUT2D eigenvalue weighted by Crippen LogP contribution is -2.32. The third-order valence-corrected chi connectivity index (χ3v) is 3.98. The van der Waals surface area contributed by atoms with Crippen LogP contribution in [0.5, 0.6) is 0 Å². The average Bonchev–Trinajstić information content (AvgIpc) is 3.01. The second-order valence-electron chi connectivity index (χ2n) is 6.72. The molecule has 0 N–H and O–H groups in total. The molecule has 1 atom stereocenters. The Morgan fingerprint density at radius 3 is 2.82 bits per heavy atom. The normalized spacial score (nSPS) is 19.3. The second kappa shape index (κ2) is 4.26. The van der Waals surface area contributed by atoms with Crippen molar-refractivity contribution >= 4 is 22.6 Å². The highest BCUT2D eigenvalue weighted by Gasteiger charge is 2.31. The summed E-state index contributed by atoms with van der Waals surface area (Å²) in [6.45, 7) is 5.61. The number of amides is 1. The maximum Gasteiger partial charge on any atom is 0.418 e. The van der Waals surface area contributed by atoms with Gasteiger partial charge in [-0.25, -0.2) is 4.79 Å².